The van der Waals surface area contributed by atoms with E-state index in [0.29, 0.717) is 11.3 Å². The van der Waals surface area contributed by atoms with Gasteiger partial charge in [0.25, 0.3) is 0 Å². The van der Waals surface area contributed by atoms with Crippen LogP contribution in [0.15, 0.2) is 0 Å². The maximum atomic E-state index is 6.11. The van der Waals surface area contributed by atoms with Crippen molar-refractivity contribution < 1.29 is 9.47 Å². The van der Waals surface area contributed by atoms with E-state index in [1.54, 1.807) is 0 Å². The molecule has 2 nitrogen and oxygen atoms in total. The van der Waals surface area contributed by atoms with Gasteiger partial charge in [-0.1, -0.05) is 31.9 Å². The summed E-state index contributed by atoms with van der Waals surface area (Å²) in [6.07, 6.45) is 0. The summed E-state index contributed by atoms with van der Waals surface area (Å²) in [4.78, 5) is 0. The molecular weight excluding hydrogens is 336 g/mol. The summed E-state index contributed by atoms with van der Waals surface area (Å²) in [6, 6.07) is 0. The van der Waals surface area contributed by atoms with Crippen molar-refractivity contribution in [2.75, 3.05) is 18.5 Å². The van der Waals surface area contributed by atoms with Crippen LogP contribution in [0.25, 0.3) is 0 Å². The third kappa shape index (κ3) is 0.473. The lowest BCUT2D eigenvalue weighted by Gasteiger charge is -2.37. The Morgan fingerprint density at radius 3 is 2.25 bits per heavy atom. The summed E-state index contributed by atoms with van der Waals surface area (Å²) in [7, 11) is 0. The molecule has 0 N–H and O–H groups in total. The number of ether oxygens (including phenoxy) is 2. The molecule has 0 amide bonds. The summed E-state index contributed by atoms with van der Waals surface area (Å²) in [6.45, 7) is 1.60. The van der Waals surface area contributed by atoms with Crippen LogP contribution in [-0.4, -0.2) is 28.7 Å². The fourth-order valence-corrected chi connectivity index (χ4v) is 9.76. The van der Waals surface area contributed by atoms with Gasteiger partial charge in [-0.25, -0.2) is 0 Å². The Morgan fingerprint density at radius 1 is 1.06 bits per heavy atom. The topological polar surface area (TPSA) is 18.5 Å². The van der Waals surface area contributed by atoms with Crippen molar-refractivity contribution in [3.63, 3.8) is 0 Å². The molecule has 0 aromatic rings. The largest absolute Gasteiger partial charge is 0.346 e. The Labute approximate surface area is 111 Å². The Kier molecular flexibility index (Phi) is 1.11. The van der Waals surface area contributed by atoms with Gasteiger partial charge >= 0.3 is 0 Å². The number of rotatable bonds is 1. The molecule has 0 unspecified atom stereocenters. The standard InChI is InChI=1S/C12H12Br2O2/c13-3-10-5-4-6(5)11(14)9(10)8(10)7(4)12(11)15-1-2-16-12/h4-9H,1-3H2/t4-,5+,6-,7-,8+,9+,10-,11-/m0/s1. The molecule has 6 saturated carbocycles. The van der Waals surface area contributed by atoms with Crippen molar-refractivity contribution in [1.29, 1.82) is 0 Å². The van der Waals surface area contributed by atoms with Crippen LogP contribution in [0.4, 0.5) is 0 Å². The molecule has 2 bridgehead atoms. The van der Waals surface area contributed by atoms with E-state index in [9.17, 15) is 0 Å². The number of hydrogen-bond acceptors (Lipinski definition) is 2. The van der Waals surface area contributed by atoms with Crippen LogP contribution in [0.3, 0.4) is 0 Å². The predicted octanol–water partition coefficient (Wildman–Crippen LogP) is 2.01. The summed E-state index contributed by atoms with van der Waals surface area (Å²) in [5.41, 5.74) is 0.643. The molecule has 1 spiro atoms. The maximum Gasteiger partial charge on any atom is 0.187 e. The van der Waals surface area contributed by atoms with E-state index >= 15 is 0 Å². The van der Waals surface area contributed by atoms with Crippen molar-refractivity contribution in [2.45, 2.75) is 10.1 Å². The molecule has 8 atom stereocenters. The molecule has 6 aliphatic carbocycles. The molecule has 16 heavy (non-hydrogen) atoms. The molecular formula is C12H12Br2O2. The second-order valence-electron chi connectivity index (χ2n) is 6.54. The van der Waals surface area contributed by atoms with Crippen molar-refractivity contribution in [3.05, 3.63) is 0 Å². The van der Waals surface area contributed by atoms with Crippen molar-refractivity contribution >= 4 is 31.9 Å². The van der Waals surface area contributed by atoms with E-state index in [2.05, 4.69) is 31.9 Å². The van der Waals surface area contributed by atoms with Gasteiger partial charge in [-0.2, -0.15) is 0 Å². The van der Waals surface area contributed by atoms with E-state index in [1.165, 1.54) is 5.33 Å². The summed E-state index contributed by atoms with van der Waals surface area (Å²) in [5.74, 6) is 5.01. The van der Waals surface area contributed by atoms with Gasteiger partial charge in [0.1, 0.15) is 0 Å². The van der Waals surface area contributed by atoms with E-state index in [4.69, 9.17) is 9.47 Å². The highest BCUT2D eigenvalue weighted by molar-refractivity contribution is 9.10. The Balaban J connectivity index is 1.63. The Hall–Kier alpha value is 0.880. The van der Waals surface area contributed by atoms with Gasteiger partial charge in [0.05, 0.1) is 17.5 Å². The molecule has 0 aromatic heterocycles. The fourth-order valence-electron chi connectivity index (χ4n) is 6.87. The maximum absolute atomic E-state index is 6.11. The molecule has 86 valence electrons. The second kappa shape index (κ2) is 2.00. The van der Waals surface area contributed by atoms with Crippen molar-refractivity contribution in [2.24, 2.45) is 40.9 Å². The average Bonchev–Trinajstić information content (AvgIpc) is 2.97. The molecule has 7 rings (SSSR count). The first kappa shape index (κ1) is 8.89. The molecule has 0 radical (unpaired) electrons. The third-order valence-electron chi connectivity index (χ3n) is 6.81. The first-order valence-corrected chi connectivity index (χ1v) is 8.19. The normalized spacial score (nSPS) is 77.6. The van der Waals surface area contributed by atoms with Gasteiger partial charge in [-0.15, -0.1) is 0 Å². The lowest BCUT2D eigenvalue weighted by molar-refractivity contribution is -0.192. The molecule has 0 aromatic carbocycles. The van der Waals surface area contributed by atoms with E-state index in [1.807, 2.05) is 0 Å². The quantitative estimate of drug-likeness (QED) is 0.675. The van der Waals surface area contributed by atoms with Crippen molar-refractivity contribution in [3.8, 4) is 0 Å². The molecule has 1 aliphatic heterocycles. The van der Waals surface area contributed by atoms with Gasteiger partial charge in [-0.3, -0.25) is 0 Å². The Bertz CT molecular complexity index is 448. The monoisotopic (exact) mass is 346 g/mol. The van der Waals surface area contributed by atoms with Gasteiger partial charge in [-0.05, 0) is 35.0 Å². The van der Waals surface area contributed by atoms with Crippen LogP contribution >= 0.6 is 31.9 Å². The van der Waals surface area contributed by atoms with Crippen molar-refractivity contribution in [1.82, 2.24) is 0 Å². The zero-order valence-corrected chi connectivity index (χ0v) is 11.8. The number of halogens is 2. The number of alkyl halides is 2. The minimum Gasteiger partial charge on any atom is -0.346 e. The van der Waals surface area contributed by atoms with Gasteiger partial charge in [0, 0.05) is 11.2 Å². The van der Waals surface area contributed by atoms with Crippen LogP contribution in [0, 0.1) is 40.9 Å². The van der Waals surface area contributed by atoms with Gasteiger partial charge in [0.2, 0.25) is 0 Å². The smallest absolute Gasteiger partial charge is 0.187 e. The lowest BCUT2D eigenvalue weighted by atomic mass is 9.95. The molecule has 1 saturated heterocycles. The summed E-state index contributed by atoms with van der Waals surface area (Å²) in [5, 5.41) is 1.20. The summed E-state index contributed by atoms with van der Waals surface area (Å²) < 4.78 is 12.4. The molecule has 7 aliphatic rings. The zero-order valence-electron chi connectivity index (χ0n) is 8.66. The predicted molar refractivity (Wildman–Crippen MR) is 63.5 cm³/mol. The van der Waals surface area contributed by atoms with Gasteiger partial charge < -0.3 is 9.47 Å². The third-order valence-corrected chi connectivity index (χ3v) is 9.35. The molecule has 1 heterocycles. The van der Waals surface area contributed by atoms with E-state index in [0.717, 1.165) is 42.8 Å². The Morgan fingerprint density at radius 2 is 1.81 bits per heavy atom. The SMILES string of the molecule is BrC[C@]12[C@@H]3[C@@H]4[C@H]5[C@@H]1[C@H]2[C@@](Br)([C@@H]43)C51OCCO1. The van der Waals surface area contributed by atoms with E-state index in [-0.39, 0.29) is 10.1 Å². The molecule has 4 heteroatoms. The van der Waals surface area contributed by atoms with Crippen LogP contribution in [-0.2, 0) is 9.47 Å². The van der Waals surface area contributed by atoms with Crippen LogP contribution < -0.4 is 0 Å². The van der Waals surface area contributed by atoms with Crippen LogP contribution in [0.1, 0.15) is 0 Å². The first-order valence-electron chi connectivity index (χ1n) is 6.28. The second-order valence-corrected chi connectivity index (χ2v) is 8.41. The minimum atomic E-state index is -0.212. The van der Waals surface area contributed by atoms with Crippen LogP contribution in [0.5, 0.6) is 0 Å². The highest BCUT2D eigenvalue weighted by Gasteiger charge is 3.08. The highest BCUT2D eigenvalue weighted by atomic mass is 79.9. The average molecular weight is 348 g/mol. The fraction of sp³-hybridized carbons (Fsp3) is 1.00. The number of hydrogen-bond donors (Lipinski definition) is 0. The minimum absolute atomic E-state index is 0.189. The first-order chi connectivity index (χ1) is 7.75. The van der Waals surface area contributed by atoms with Gasteiger partial charge in [0.15, 0.2) is 5.79 Å². The van der Waals surface area contributed by atoms with Crippen LogP contribution in [0.2, 0.25) is 0 Å². The highest BCUT2D eigenvalue weighted by Crippen LogP contribution is 3.04. The molecule has 7 fully saturated rings. The lowest BCUT2D eigenvalue weighted by Crippen LogP contribution is -2.50. The summed E-state index contributed by atoms with van der Waals surface area (Å²) >= 11 is 7.89. The zero-order chi connectivity index (χ0) is 10.5. The van der Waals surface area contributed by atoms with E-state index < -0.39 is 0 Å².